The van der Waals surface area contributed by atoms with E-state index in [2.05, 4.69) is 19.2 Å². The molecule has 1 aromatic heterocycles. The van der Waals surface area contributed by atoms with Crippen LogP contribution in [0.3, 0.4) is 0 Å². The Bertz CT molecular complexity index is 533. The van der Waals surface area contributed by atoms with Gasteiger partial charge in [0.2, 0.25) is 0 Å². The third-order valence-corrected chi connectivity index (χ3v) is 3.37. The van der Waals surface area contributed by atoms with E-state index in [0.717, 1.165) is 35.2 Å². The van der Waals surface area contributed by atoms with E-state index in [1.54, 1.807) is 0 Å². The molecule has 0 aliphatic heterocycles. The molecule has 0 saturated carbocycles. The fourth-order valence-electron chi connectivity index (χ4n) is 1.99. The first-order valence-electron chi connectivity index (χ1n) is 6.76. The Balaban J connectivity index is 2.06. The second kappa shape index (κ2) is 6.78. The maximum Gasteiger partial charge on any atom is 0.134 e. The largest absolute Gasteiger partial charge is 0.460 e. The van der Waals surface area contributed by atoms with Crippen molar-refractivity contribution < 1.29 is 4.42 Å². The predicted molar refractivity (Wildman–Crippen MR) is 80.5 cm³/mol. The molecule has 0 bridgehead atoms. The third kappa shape index (κ3) is 3.85. The summed E-state index contributed by atoms with van der Waals surface area (Å²) in [4.78, 5) is 0. The van der Waals surface area contributed by atoms with Gasteiger partial charge in [-0.15, -0.1) is 0 Å². The maximum atomic E-state index is 6.04. The molecule has 0 atom stereocenters. The first-order valence-corrected chi connectivity index (χ1v) is 7.14. The lowest BCUT2D eigenvalue weighted by atomic mass is 10.1. The standard InChI is InChI=1S/C16H20ClNO/c1-3-4-9-18-11-14-7-8-16(19-14)15-10-13(17)6-5-12(15)2/h5-8,10,18H,3-4,9,11H2,1-2H3. The monoisotopic (exact) mass is 277 g/mol. The average Bonchev–Trinajstić information content (AvgIpc) is 2.86. The minimum atomic E-state index is 0.736. The molecule has 0 fully saturated rings. The number of halogens is 1. The number of hydrogen-bond donors (Lipinski definition) is 1. The van der Waals surface area contributed by atoms with Gasteiger partial charge >= 0.3 is 0 Å². The lowest BCUT2D eigenvalue weighted by Crippen LogP contribution is -2.13. The molecule has 0 aliphatic rings. The van der Waals surface area contributed by atoms with E-state index in [0.29, 0.717) is 0 Å². The van der Waals surface area contributed by atoms with Gasteiger partial charge in [-0.1, -0.05) is 31.0 Å². The predicted octanol–water partition coefficient (Wildman–Crippen LogP) is 4.80. The van der Waals surface area contributed by atoms with Crippen molar-refractivity contribution in [3.8, 4) is 11.3 Å². The number of aryl methyl sites for hydroxylation is 1. The molecule has 2 nitrogen and oxygen atoms in total. The molecule has 0 radical (unpaired) electrons. The second-order valence-corrected chi connectivity index (χ2v) is 5.19. The Morgan fingerprint density at radius 2 is 2.05 bits per heavy atom. The molecule has 3 heteroatoms. The number of hydrogen-bond acceptors (Lipinski definition) is 2. The van der Waals surface area contributed by atoms with Gasteiger partial charge in [0.1, 0.15) is 11.5 Å². The third-order valence-electron chi connectivity index (χ3n) is 3.13. The highest BCUT2D eigenvalue weighted by Crippen LogP contribution is 2.28. The van der Waals surface area contributed by atoms with Crippen LogP contribution < -0.4 is 5.32 Å². The van der Waals surface area contributed by atoms with Crippen LogP contribution in [0.1, 0.15) is 31.1 Å². The summed E-state index contributed by atoms with van der Waals surface area (Å²) in [5, 5.41) is 4.11. The van der Waals surface area contributed by atoms with E-state index in [9.17, 15) is 0 Å². The highest BCUT2D eigenvalue weighted by atomic mass is 35.5. The first-order chi connectivity index (χ1) is 9.20. The molecule has 102 valence electrons. The number of benzene rings is 1. The minimum absolute atomic E-state index is 0.736. The van der Waals surface area contributed by atoms with E-state index in [1.807, 2.05) is 30.3 Å². The summed E-state index contributed by atoms with van der Waals surface area (Å²) >= 11 is 6.04. The zero-order valence-electron chi connectivity index (χ0n) is 11.5. The van der Waals surface area contributed by atoms with Crippen LogP contribution in [0.4, 0.5) is 0 Å². The van der Waals surface area contributed by atoms with Crippen molar-refractivity contribution in [2.24, 2.45) is 0 Å². The molecule has 2 aromatic rings. The molecule has 1 aromatic carbocycles. The minimum Gasteiger partial charge on any atom is -0.460 e. The van der Waals surface area contributed by atoms with Crippen molar-refractivity contribution >= 4 is 11.6 Å². The molecule has 2 rings (SSSR count). The lowest BCUT2D eigenvalue weighted by molar-refractivity contribution is 0.490. The maximum absolute atomic E-state index is 6.04. The van der Waals surface area contributed by atoms with Gasteiger partial charge in [-0.3, -0.25) is 0 Å². The Morgan fingerprint density at radius 1 is 1.21 bits per heavy atom. The quantitative estimate of drug-likeness (QED) is 0.768. The van der Waals surface area contributed by atoms with Gasteiger partial charge in [0.15, 0.2) is 0 Å². The van der Waals surface area contributed by atoms with Crippen LogP contribution >= 0.6 is 11.6 Å². The number of furan rings is 1. The summed E-state index contributed by atoms with van der Waals surface area (Å²) < 4.78 is 5.86. The van der Waals surface area contributed by atoms with Crippen molar-refractivity contribution in [2.45, 2.75) is 33.2 Å². The van der Waals surface area contributed by atoms with E-state index in [4.69, 9.17) is 16.0 Å². The molecular formula is C16H20ClNO. The van der Waals surface area contributed by atoms with Crippen LogP contribution in [0, 0.1) is 6.92 Å². The Morgan fingerprint density at radius 3 is 2.84 bits per heavy atom. The zero-order valence-corrected chi connectivity index (χ0v) is 12.3. The SMILES string of the molecule is CCCCNCc1ccc(-c2cc(Cl)ccc2C)o1. The topological polar surface area (TPSA) is 25.2 Å². The highest BCUT2D eigenvalue weighted by Gasteiger charge is 2.08. The zero-order chi connectivity index (χ0) is 13.7. The molecule has 0 amide bonds. The summed E-state index contributed by atoms with van der Waals surface area (Å²) in [6.07, 6.45) is 2.40. The molecule has 1 N–H and O–H groups in total. The van der Waals surface area contributed by atoms with Gasteiger partial charge in [0.05, 0.1) is 6.54 Å². The molecule has 1 heterocycles. The summed E-state index contributed by atoms with van der Waals surface area (Å²) in [6.45, 7) is 6.06. The molecule has 0 aliphatic carbocycles. The van der Waals surface area contributed by atoms with Crippen molar-refractivity contribution in [3.63, 3.8) is 0 Å². The Kier molecular flexibility index (Phi) is 5.06. The first kappa shape index (κ1) is 14.2. The molecular weight excluding hydrogens is 258 g/mol. The van der Waals surface area contributed by atoms with Crippen molar-refractivity contribution in [1.29, 1.82) is 0 Å². The van der Waals surface area contributed by atoms with Crippen LogP contribution in [-0.4, -0.2) is 6.54 Å². The summed E-state index contributed by atoms with van der Waals surface area (Å²) in [5.41, 5.74) is 2.23. The van der Waals surface area contributed by atoms with Gasteiger partial charge < -0.3 is 9.73 Å². The normalized spacial score (nSPS) is 10.9. The molecule has 0 spiro atoms. The Labute approximate surface area is 119 Å². The number of nitrogens with one attached hydrogen (secondary N) is 1. The van der Waals surface area contributed by atoms with Gasteiger partial charge in [-0.25, -0.2) is 0 Å². The lowest BCUT2D eigenvalue weighted by Gasteiger charge is -2.04. The number of unbranched alkanes of at least 4 members (excludes halogenated alkanes) is 1. The fraction of sp³-hybridized carbons (Fsp3) is 0.375. The van der Waals surface area contributed by atoms with Crippen LogP contribution in [0.25, 0.3) is 11.3 Å². The van der Waals surface area contributed by atoms with E-state index >= 15 is 0 Å². The van der Waals surface area contributed by atoms with Crippen LogP contribution in [0.2, 0.25) is 5.02 Å². The van der Waals surface area contributed by atoms with Crippen LogP contribution in [0.15, 0.2) is 34.7 Å². The van der Waals surface area contributed by atoms with Gasteiger partial charge in [-0.2, -0.15) is 0 Å². The summed E-state index contributed by atoms with van der Waals surface area (Å²) in [7, 11) is 0. The van der Waals surface area contributed by atoms with E-state index < -0.39 is 0 Å². The van der Waals surface area contributed by atoms with Crippen molar-refractivity contribution in [3.05, 3.63) is 46.7 Å². The van der Waals surface area contributed by atoms with Gasteiger partial charge in [0, 0.05) is 10.6 Å². The fourth-order valence-corrected chi connectivity index (χ4v) is 2.16. The van der Waals surface area contributed by atoms with E-state index in [1.165, 1.54) is 18.4 Å². The Hall–Kier alpha value is -1.25. The average molecular weight is 278 g/mol. The molecule has 0 unspecified atom stereocenters. The van der Waals surface area contributed by atoms with Crippen molar-refractivity contribution in [2.75, 3.05) is 6.54 Å². The van der Waals surface area contributed by atoms with Crippen LogP contribution in [-0.2, 0) is 6.54 Å². The smallest absolute Gasteiger partial charge is 0.134 e. The summed E-state index contributed by atoms with van der Waals surface area (Å²) in [6, 6.07) is 9.89. The van der Waals surface area contributed by atoms with E-state index in [-0.39, 0.29) is 0 Å². The molecule has 19 heavy (non-hydrogen) atoms. The highest BCUT2D eigenvalue weighted by molar-refractivity contribution is 6.30. The van der Waals surface area contributed by atoms with Crippen molar-refractivity contribution in [1.82, 2.24) is 5.32 Å². The van der Waals surface area contributed by atoms with Gasteiger partial charge in [0.25, 0.3) is 0 Å². The second-order valence-electron chi connectivity index (χ2n) is 4.76. The summed E-state index contributed by atoms with van der Waals surface area (Å²) in [5.74, 6) is 1.85. The molecule has 0 saturated heterocycles. The number of rotatable bonds is 6. The van der Waals surface area contributed by atoms with Gasteiger partial charge in [-0.05, 0) is 49.7 Å². The van der Waals surface area contributed by atoms with Crippen LogP contribution in [0.5, 0.6) is 0 Å².